The van der Waals surface area contributed by atoms with Gasteiger partial charge in [-0.2, -0.15) is 0 Å². The summed E-state index contributed by atoms with van der Waals surface area (Å²) in [4.78, 5) is 26.5. The molecule has 0 bridgehead atoms. The van der Waals surface area contributed by atoms with E-state index in [0.29, 0.717) is 5.69 Å². The van der Waals surface area contributed by atoms with E-state index in [1.54, 1.807) is 12.1 Å². The fraction of sp³-hybridized carbons (Fsp3) is 0.158. The second-order valence-electron chi connectivity index (χ2n) is 5.73. The van der Waals surface area contributed by atoms with E-state index in [9.17, 15) is 14.7 Å². The van der Waals surface area contributed by atoms with Crippen LogP contribution < -0.4 is 10.6 Å². The molecule has 0 fully saturated rings. The molecule has 3 aromatic rings. The summed E-state index contributed by atoms with van der Waals surface area (Å²) in [6, 6.07) is 14.7. The largest absolute Gasteiger partial charge is 0.382 e. The first-order valence-corrected chi connectivity index (χ1v) is 9.68. The molecular weight excluding hydrogens is 368 g/mol. The zero-order valence-electron chi connectivity index (χ0n) is 14.1. The number of aliphatic hydroxyl groups excluding tert-OH is 1. The van der Waals surface area contributed by atoms with Crippen LogP contribution in [0.1, 0.15) is 26.3 Å². The summed E-state index contributed by atoms with van der Waals surface area (Å²) in [7, 11) is 0. The van der Waals surface area contributed by atoms with Gasteiger partial charge in [-0.3, -0.25) is 9.59 Å². The number of thiophene rings is 2. The van der Waals surface area contributed by atoms with Crippen LogP contribution in [0.5, 0.6) is 0 Å². The Balaban J connectivity index is 1.54. The normalized spacial score (nSPS) is 11.8. The van der Waals surface area contributed by atoms with Crippen LogP contribution in [-0.4, -0.2) is 16.9 Å². The van der Waals surface area contributed by atoms with Gasteiger partial charge in [0.2, 0.25) is 0 Å². The van der Waals surface area contributed by atoms with Gasteiger partial charge in [0.1, 0.15) is 6.10 Å². The molecule has 7 heteroatoms. The zero-order chi connectivity index (χ0) is 18.5. The van der Waals surface area contributed by atoms with Crippen molar-refractivity contribution in [3.8, 4) is 0 Å². The monoisotopic (exact) mass is 386 g/mol. The quantitative estimate of drug-likeness (QED) is 0.588. The van der Waals surface area contributed by atoms with E-state index in [-0.39, 0.29) is 6.54 Å². The molecule has 0 aliphatic carbocycles. The number of hydrogen-bond donors (Lipinski definition) is 3. The molecule has 3 N–H and O–H groups in total. The molecule has 3 rings (SSSR count). The Kier molecular flexibility index (Phi) is 5.82. The van der Waals surface area contributed by atoms with Crippen molar-refractivity contribution < 1.29 is 14.7 Å². The molecule has 0 aliphatic rings. The lowest BCUT2D eigenvalue weighted by atomic mass is 10.2. The van der Waals surface area contributed by atoms with Crippen LogP contribution in [0.3, 0.4) is 0 Å². The molecule has 0 saturated heterocycles. The average molecular weight is 386 g/mol. The Morgan fingerprint density at radius 2 is 1.92 bits per heavy atom. The number of rotatable bonds is 5. The van der Waals surface area contributed by atoms with E-state index in [0.717, 1.165) is 20.2 Å². The van der Waals surface area contributed by atoms with E-state index < -0.39 is 17.9 Å². The summed E-state index contributed by atoms with van der Waals surface area (Å²) < 4.78 is 0. The Labute approximate surface area is 159 Å². The molecule has 0 aliphatic heterocycles. The average Bonchev–Trinajstić information content (AvgIpc) is 3.31. The fourth-order valence-electron chi connectivity index (χ4n) is 2.38. The summed E-state index contributed by atoms with van der Waals surface area (Å²) in [5.74, 6) is -1.40. The Morgan fingerprint density at radius 1 is 1.08 bits per heavy atom. The van der Waals surface area contributed by atoms with Gasteiger partial charge < -0.3 is 15.7 Å². The van der Waals surface area contributed by atoms with Crippen LogP contribution in [0.2, 0.25) is 0 Å². The van der Waals surface area contributed by atoms with Gasteiger partial charge in [0, 0.05) is 20.3 Å². The van der Waals surface area contributed by atoms with Crippen LogP contribution in [-0.2, 0) is 16.1 Å². The fourth-order valence-corrected chi connectivity index (χ4v) is 4.14. The number of amides is 2. The Bertz CT molecular complexity index is 903. The van der Waals surface area contributed by atoms with E-state index in [1.807, 2.05) is 48.7 Å². The maximum Gasteiger partial charge on any atom is 0.313 e. The minimum Gasteiger partial charge on any atom is -0.382 e. The molecule has 2 amide bonds. The third kappa shape index (κ3) is 4.57. The Morgan fingerprint density at radius 3 is 2.65 bits per heavy atom. The van der Waals surface area contributed by atoms with Crippen LogP contribution in [0.4, 0.5) is 5.69 Å². The zero-order valence-corrected chi connectivity index (χ0v) is 15.7. The lowest BCUT2D eigenvalue weighted by Crippen LogP contribution is -2.34. The van der Waals surface area contributed by atoms with Crippen LogP contribution in [0.25, 0.3) is 0 Å². The van der Waals surface area contributed by atoms with Crippen molar-refractivity contribution in [1.29, 1.82) is 0 Å². The van der Waals surface area contributed by atoms with E-state index >= 15 is 0 Å². The van der Waals surface area contributed by atoms with Crippen molar-refractivity contribution in [1.82, 2.24) is 5.32 Å². The van der Waals surface area contributed by atoms with E-state index in [1.165, 1.54) is 22.7 Å². The number of carbonyl (C=O) groups is 2. The molecule has 0 radical (unpaired) electrons. The molecule has 26 heavy (non-hydrogen) atoms. The van der Waals surface area contributed by atoms with Crippen molar-refractivity contribution in [2.75, 3.05) is 5.32 Å². The van der Waals surface area contributed by atoms with Crippen LogP contribution in [0, 0.1) is 6.92 Å². The summed E-state index contributed by atoms with van der Waals surface area (Å²) >= 11 is 2.90. The molecule has 0 unspecified atom stereocenters. The summed E-state index contributed by atoms with van der Waals surface area (Å²) in [6.45, 7) is 2.15. The van der Waals surface area contributed by atoms with Crippen molar-refractivity contribution in [2.24, 2.45) is 0 Å². The first-order chi connectivity index (χ1) is 12.5. The summed E-state index contributed by atoms with van der Waals surface area (Å²) in [5, 5.41) is 17.4. The number of nitrogens with one attached hydrogen (secondary N) is 2. The minimum atomic E-state index is -0.703. The van der Waals surface area contributed by atoms with E-state index in [4.69, 9.17) is 0 Å². The highest BCUT2D eigenvalue weighted by Crippen LogP contribution is 2.30. The SMILES string of the molecule is Cc1cccc(NC(=O)C(=O)NCc2ccc([C@H](O)c3cccs3)s2)c1. The number of benzene rings is 1. The number of aryl methyl sites for hydroxylation is 1. The van der Waals surface area contributed by atoms with Gasteiger partial charge in [0.05, 0.1) is 6.54 Å². The van der Waals surface area contributed by atoms with Gasteiger partial charge in [-0.05, 0) is 48.2 Å². The van der Waals surface area contributed by atoms with E-state index in [2.05, 4.69) is 10.6 Å². The maximum absolute atomic E-state index is 12.0. The molecule has 2 heterocycles. The number of aliphatic hydroxyl groups is 1. The van der Waals surface area contributed by atoms with Gasteiger partial charge in [0.25, 0.3) is 0 Å². The molecule has 1 aromatic carbocycles. The third-order valence-corrected chi connectivity index (χ3v) is 5.73. The molecule has 2 aromatic heterocycles. The molecule has 134 valence electrons. The van der Waals surface area contributed by atoms with Gasteiger partial charge in [-0.1, -0.05) is 18.2 Å². The molecule has 5 nitrogen and oxygen atoms in total. The third-order valence-electron chi connectivity index (χ3n) is 3.67. The minimum absolute atomic E-state index is 0.238. The maximum atomic E-state index is 12.0. The molecule has 1 atom stereocenters. The van der Waals surface area contributed by atoms with Gasteiger partial charge >= 0.3 is 11.8 Å². The van der Waals surface area contributed by atoms with Crippen molar-refractivity contribution >= 4 is 40.2 Å². The predicted octanol–water partition coefficient (Wildman–Crippen LogP) is 3.45. The van der Waals surface area contributed by atoms with Crippen LogP contribution in [0.15, 0.2) is 53.9 Å². The van der Waals surface area contributed by atoms with Crippen LogP contribution >= 0.6 is 22.7 Å². The first-order valence-electron chi connectivity index (χ1n) is 7.99. The number of anilines is 1. The highest BCUT2D eigenvalue weighted by atomic mass is 32.1. The highest BCUT2D eigenvalue weighted by molar-refractivity contribution is 7.12. The highest BCUT2D eigenvalue weighted by Gasteiger charge is 2.16. The van der Waals surface area contributed by atoms with Gasteiger partial charge in [-0.15, -0.1) is 22.7 Å². The van der Waals surface area contributed by atoms with Crippen molar-refractivity contribution in [3.63, 3.8) is 0 Å². The summed E-state index contributed by atoms with van der Waals surface area (Å²) in [5.41, 5.74) is 1.58. The van der Waals surface area contributed by atoms with Gasteiger partial charge in [0.15, 0.2) is 0 Å². The standard InChI is InChI=1S/C19H18N2O3S2/c1-12-4-2-5-13(10-12)21-19(24)18(23)20-11-14-7-8-16(26-14)17(22)15-6-3-9-25-15/h2-10,17,22H,11H2,1H3,(H,20,23)(H,21,24)/t17-/m1/s1. The predicted molar refractivity (Wildman–Crippen MR) is 104 cm³/mol. The Hall–Kier alpha value is -2.48. The smallest absolute Gasteiger partial charge is 0.313 e. The number of hydrogen-bond acceptors (Lipinski definition) is 5. The van der Waals surface area contributed by atoms with Crippen molar-refractivity contribution in [3.05, 3.63) is 74.1 Å². The first kappa shape index (κ1) is 18.3. The summed E-state index contributed by atoms with van der Waals surface area (Å²) in [6.07, 6.45) is -0.658. The second kappa shape index (κ2) is 8.27. The van der Waals surface area contributed by atoms with Crippen molar-refractivity contribution in [2.45, 2.75) is 19.6 Å². The topological polar surface area (TPSA) is 78.4 Å². The second-order valence-corrected chi connectivity index (χ2v) is 7.91. The molecule has 0 saturated carbocycles. The number of carbonyl (C=O) groups excluding carboxylic acids is 2. The molecule has 0 spiro atoms. The lowest BCUT2D eigenvalue weighted by Gasteiger charge is -2.07. The van der Waals surface area contributed by atoms with Gasteiger partial charge in [-0.25, -0.2) is 0 Å². The molecular formula is C19H18N2O3S2. The lowest BCUT2D eigenvalue weighted by molar-refractivity contribution is -0.136.